The monoisotopic (exact) mass is 947 g/mol. The third-order valence-corrected chi connectivity index (χ3v) is 10.4. The fourth-order valence-electron chi connectivity index (χ4n) is 7.48. The third-order valence-electron chi connectivity index (χ3n) is 10.4. The molecule has 2 N–H and O–H groups in total. The first-order chi connectivity index (χ1) is 31.8. The molecule has 67 heavy (non-hydrogen) atoms. The maximum absolute atomic E-state index is 16.6. The van der Waals surface area contributed by atoms with Crippen molar-refractivity contribution in [3.05, 3.63) is 117 Å². The van der Waals surface area contributed by atoms with Gasteiger partial charge in [-0.25, -0.2) is 96.2 Å². The molecule has 0 spiro atoms. The van der Waals surface area contributed by atoms with Gasteiger partial charge < -0.3 is 15.0 Å². The summed E-state index contributed by atoms with van der Waals surface area (Å²) in [7, 11) is 0. The van der Waals surface area contributed by atoms with E-state index in [1.54, 1.807) is 0 Å². The van der Waals surface area contributed by atoms with Crippen LogP contribution in [0.3, 0.4) is 0 Å². The summed E-state index contributed by atoms with van der Waals surface area (Å²) in [4.78, 5) is 36.2. The standard InChI is InChI=1S/C41H12F15N9O2/c1-2-67-41(66)8-4-3-5-9(6-8)57-32-18-15(23(47)30(54)31(32)55)36-59-33-10-7-11(42)19(43)20(44)12(10)34(58-33)63-39-16-17(25(49)29(53)28(52)24(16)48)40(65(39)56)64-37-14-13(35(60-37)61-38(18)62-36)21(45)26(50)27(51)22(14)46/h3-7,57H,2H2,1H3,(H,58,59,60,61,62,63,64). The van der Waals surface area contributed by atoms with Crippen LogP contribution in [0.15, 0.2) is 30.3 Å². The lowest BCUT2D eigenvalue weighted by Crippen LogP contribution is -2.06. The average molecular weight is 948 g/mol. The number of aromatic nitrogens is 8. The maximum Gasteiger partial charge on any atom is 0.338 e. The number of halogens is 15. The lowest BCUT2D eigenvalue weighted by molar-refractivity contribution is 0.0526. The van der Waals surface area contributed by atoms with Crippen LogP contribution in [0.5, 0.6) is 0 Å². The highest BCUT2D eigenvalue weighted by atomic mass is 19.2. The Hall–Kier alpha value is -8.32. The molecular formula is C41H12F15N9O2. The largest absolute Gasteiger partial charge is 0.462 e. The minimum atomic E-state index is -2.63. The number of benzene rings is 5. The van der Waals surface area contributed by atoms with E-state index in [1.807, 2.05) is 0 Å². The highest BCUT2D eigenvalue weighted by molar-refractivity contribution is 6.13. The molecule has 10 rings (SSSR count). The van der Waals surface area contributed by atoms with E-state index in [4.69, 9.17) is 4.74 Å². The molecule has 8 aromatic rings. The summed E-state index contributed by atoms with van der Waals surface area (Å²) >= 11 is 0. The number of anilines is 2. The van der Waals surface area contributed by atoms with Crippen LogP contribution in [0.4, 0.5) is 77.3 Å². The molecule has 338 valence electrons. The summed E-state index contributed by atoms with van der Waals surface area (Å²) in [6, 6.07) is 4.91. The van der Waals surface area contributed by atoms with E-state index < -0.39 is 188 Å². The summed E-state index contributed by atoms with van der Waals surface area (Å²) < 4.78 is 238. The number of hydrogen-bond acceptors (Lipinski definition) is 9. The predicted molar refractivity (Wildman–Crippen MR) is 201 cm³/mol. The van der Waals surface area contributed by atoms with Gasteiger partial charge in [-0.1, -0.05) is 10.5 Å². The van der Waals surface area contributed by atoms with E-state index in [1.165, 1.54) is 25.1 Å². The lowest BCUT2D eigenvalue weighted by Gasteiger charge is -2.12. The molecule has 0 atom stereocenters. The van der Waals surface area contributed by atoms with Crippen LogP contribution in [0.2, 0.25) is 0 Å². The molecule has 11 nitrogen and oxygen atoms in total. The number of nitrogens with one attached hydrogen (secondary N) is 2. The van der Waals surface area contributed by atoms with Crippen molar-refractivity contribution >= 4 is 61.5 Å². The van der Waals surface area contributed by atoms with Gasteiger partial charge in [-0.3, -0.25) is 0 Å². The predicted octanol–water partition coefficient (Wildman–Crippen LogP) is 10.9. The van der Waals surface area contributed by atoms with Crippen LogP contribution < -0.4 is 5.32 Å². The number of nitrogens with zero attached hydrogens (tertiary/aromatic N) is 7. The number of esters is 1. The van der Waals surface area contributed by atoms with Crippen LogP contribution in [0.25, 0.3) is 89.7 Å². The molecule has 5 aromatic carbocycles. The van der Waals surface area contributed by atoms with E-state index in [0.29, 0.717) is 0 Å². The minimum Gasteiger partial charge on any atom is -0.462 e. The topological polar surface area (TPSA) is 136 Å². The summed E-state index contributed by atoms with van der Waals surface area (Å²) in [5.74, 6) is -39.0. The van der Waals surface area contributed by atoms with E-state index in [-0.39, 0.29) is 23.9 Å². The van der Waals surface area contributed by atoms with Gasteiger partial charge in [-0.15, -0.1) is 4.79 Å². The molecule has 0 unspecified atom stereocenters. The third kappa shape index (κ3) is 6.00. The number of hydrogen-bond donors (Lipinski definition) is 2. The van der Waals surface area contributed by atoms with Crippen LogP contribution in [0, 0.1) is 81.4 Å². The molecule has 0 fully saturated rings. The van der Waals surface area contributed by atoms with Gasteiger partial charge in [0.1, 0.15) is 11.3 Å². The van der Waals surface area contributed by atoms with Gasteiger partial charge in [0.05, 0.1) is 56.1 Å². The quantitative estimate of drug-likeness (QED) is 0.0765. The molecule has 0 aliphatic carbocycles. The molecule has 0 radical (unpaired) electrons. The molecule has 8 bridgehead atoms. The van der Waals surface area contributed by atoms with Crippen molar-refractivity contribution in [1.29, 1.82) is 0 Å². The summed E-state index contributed by atoms with van der Waals surface area (Å²) in [6.07, 6.45) is 0. The summed E-state index contributed by atoms with van der Waals surface area (Å²) in [5.41, 5.74) is -12.5. The first kappa shape index (κ1) is 42.6. The zero-order valence-electron chi connectivity index (χ0n) is 32.2. The van der Waals surface area contributed by atoms with E-state index in [0.717, 1.165) is 6.07 Å². The number of fused-ring (bicyclic) bond motifs is 20. The Morgan fingerprint density at radius 2 is 1.04 bits per heavy atom. The first-order valence-electron chi connectivity index (χ1n) is 18.5. The lowest BCUT2D eigenvalue weighted by atomic mass is 10.1. The van der Waals surface area contributed by atoms with Crippen molar-refractivity contribution in [2.45, 2.75) is 6.92 Å². The van der Waals surface area contributed by atoms with Gasteiger partial charge in [-0.05, 0) is 31.2 Å². The molecule has 2 aliphatic heterocycles. The van der Waals surface area contributed by atoms with Crippen molar-refractivity contribution in [2.75, 3.05) is 11.9 Å². The van der Waals surface area contributed by atoms with Gasteiger partial charge >= 0.3 is 5.97 Å². The van der Waals surface area contributed by atoms with E-state index in [9.17, 15) is 31.1 Å². The molecule has 5 heterocycles. The second kappa shape index (κ2) is 14.9. The highest BCUT2D eigenvalue weighted by Crippen LogP contribution is 2.45. The molecule has 26 heteroatoms. The van der Waals surface area contributed by atoms with Crippen molar-refractivity contribution in [2.24, 2.45) is 0 Å². The highest BCUT2D eigenvalue weighted by Gasteiger charge is 2.37. The SMILES string of the molecule is CCOC(=O)c1cccc(Nc2c(F)c(F)c(F)c3c4nc5nc(nc6c7c(F)c(F)c(F)c(F)c7c(nc7nc(nc([nH]4)c23)-c2c(F)c(F)c(F)c(F)c2-7)n6F)-c2c-5cc(F)c(F)c2F)c1. The number of aromatic amines is 1. The van der Waals surface area contributed by atoms with Crippen molar-refractivity contribution in [3.8, 4) is 45.6 Å². The van der Waals surface area contributed by atoms with Gasteiger partial charge in [0.15, 0.2) is 116 Å². The number of rotatable bonds is 4. The Balaban J connectivity index is 1.45. The number of ether oxygens (including phenoxy) is 1. The average Bonchev–Trinajstić information content (AvgIpc) is 4.03. The molecular weight excluding hydrogens is 935 g/mol. The van der Waals surface area contributed by atoms with Crippen molar-refractivity contribution in [3.63, 3.8) is 0 Å². The van der Waals surface area contributed by atoms with Gasteiger partial charge in [-0.2, -0.15) is 0 Å². The zero-order chi connectivity index (χ0) is 47.8. The Morgan fingerprint density at radius 1 is 0.552 bits per heavy atom. The van der Waals surface area contributed by atoms with Crippen LogP contribution in [-0.2, 0) is 4.74 Å². The van der Waals surface area contributed by atoms with Crippen LogP contribution >= 0.6 is 0 Å². The van der Waals surface area contributed by atoms with E-state index in [2.05, 4.69) is 40.2 Å². The second-order valence-corrected chi connectivity index (χ2v) is 14.1. The van der Waals surface area contributed by atoms with E-state index >= 15 is 39.6 Å². The molecule has 0 amide bonds. The zero-order valence-corrected chi connectivity index (χ0v) is 32.2. The van der Waals surface area contributed by atoms with Crippen LogP contribution in [0.1, 0.15) is 17.3 Å². The van der Waals surface area contributed by atoms with Gasteiger partial charge in [0, 0.05) is 11.3 Å². The number of carbonyl (C=O) groups excluding carboxylic acids is 1. The summed E-state index contributed by atoms with van der Waals surface area (Å²) in [6.45, 7) is 1.38. The normalized spacial score (nSPS) is 12.0. The maximum atomic E-state index is 16.6. The van der Waals surface area contributed by atoms with Crippen molar-refractivity contribution in [1.82, 2.24) is 39.7 Å². The Bertz CT molecular complexity index is 3800. The van der Waals surface area contributed by atoms with Crippen molar-refractivity contribution < 1.29 is 75.5 Å². The Labute approximate surface area is 358 Å². The number of H-pyrrole nitrogens is 1. The van der Waals surface area contributed by atoms with Gasteiger partial charge in [0.25, 0.3) is 0 Å². The fourth-order valence-corrected chi connectivity index (χ4v) is 7.48. The second-order valence-electron chi connectivity index (χ2n) is 14.1. The Kier molecular flexibility index (Phi) is 9.45. The minimum absolute atomic E-state index is 0.0979. The number of carbonyl (C=O) groups is 1. The molecule has 3 aromatic heterocycles. The fraction of sp³-hybridized carbons (Fsp3) is 0.0488. The summed E-state index contributed by atoms with van der Waals surface area (Å²) in [5, 5.41) is -3.14. The Morgan fingerprint density at radius 3 is 1.66 bits per heavy atom. The molecule has 0 saturated heterocycles. The molecule has 2 aliphatic rings. The smallest absolute Gasteiger partial charge is 0.338 e. The first-order valence-corrected chi connectivity index (χ1v) is 18.5. The van der Waals surface area contributed by atoms with Gasteiger partial charge in [0.2, 0.25) is 0 Å². The molecule has 0 saturated carbocycles. The van der Waals surface area contributed by atoms with Crippen LogP contribution in [-0.4, -0.2) is 52.3 Å².